The fourth-order valence-corrected chi connectivity index (χ4v) is 1.97. The first-order chi connectivity index (χ1) is 9.61. The van der Waals surface area contributed by atoms with Crippen molar-refractivity contribution in [3.63, 3.8) is 0 Å². The number of benzene rings is 1. The van der Waals surface area contributed by atoms with Gasteiger partial charge in [-0.3, -0.25) is 0 Å². The summed E-state index contributed by atoms with van der Waals surface area (Å²) in [6.07, 6.45) is 3.59. The molecule has 0 unspecified atom stereocenters. The highest BCUT2D eigenvalue weighted by atomic mass is 16.3. The molecular formula is C16H17BN2O. The molecule has 0 saturated carbocycles. The number of aromatic nitrogens is 2. The molecule has 4 heteroatoms. The van der Waals surface area contributed by atoms with E-state index < -0.39 is 0 Å². The molecule has 2 aromatic rings. The monoisotopic (exact) mass is 264 g/mol. The summed E-state index contributed by atoms with van der Waals surface area (Å²) in [7, 11) is 5.64. The van der Waals surface area contributed by atoms with Gasteiger partial charge in [0, 0.05) is 23.9 Å². The molecule has 0 spiro atoms. The van der Waals surface area contributed by atoms with E-state index in [0.717, 1.165) is 11.4 Å². The minimum Gasteiger partial charge on any atom is -0.393 e. The van der Waals surface area contributed by atoms with Crippen LogP contribution in [-0.2, 0) is 0 Å². The van der Waals surface area contributed by atoms with Crippen LogP contribution < -0.4 is 5.46 Å². The van der Waals surface area contributed by atoms with Crippen molar-refractivity contribution < 1.29 is 5.11 Å². The van der Waals surface area contributed by atoms with Crippen LogP contribution in [0.5, 0.6) is 0 Å². The third-order valence-corrected chi connectivity index (χ3v) is 3.02. The van der Waals surface area contributed by atoms with Crippen LogP contribution >= 0.6 is 0 Å². The van der Waals surface area contributed by atoms with Gasteiger partial charge in [-0.15, -0.1) is 0 Å². The summed E-state index contributed by atoms with van der Waals surface area (Å²) < 4.78 is 1.93. The maximum Gasteiger partial charge on any atom is 0.119 e. The minimum atomic E-state index is -0.285. The first-order valence-electron chi connectivity index (χ1n) is 6.62. The van der Waals surface area contributed by atoms with Crippen LogP contribution in [0.25, 0.3) is 0 Å². The van der Waals surface area contributed by atoms with E-state index in [4.69, 9.17) is 7.85 Å². The van der Waals surface area contributed by atoms with Gasteiger partial charge in [0.05, 0.1) is 6.61 Å². The average Bonchev–Trinajstić information content (AvgIpc) is 2.91. The van der Waals surface area contributed by atoms with Gasteiger partial charge in [-0.2, -0.15) is 0 Å². The van der Waals surface area contributed by atoms with E-state index >= 15 is 0 Å². The predicted molar refractivity (Wildman–Crippen MR) is 81.1 cm³/mol. The van der Waals surface area contributed by atoms with Crippen LogP contribution in [0.3, 0.4) is 0 Å². The average molecular weight is 264 g/mol. The van der Waals surface area contributed by atoms with E-state index in [1.165, 1.54) is 0 Å². The molecule has 0 aliphatic heterocycles. The molecule has 1 aromatic carbocycles. The van der Waals surface area contributed by atoms with Gasteiger partial charge < -0.3 is 9.67 Å². The molecule has 20 heavy (non-hydrogen) atoms. The Hall–Kier alpha value is -1.99. The Kier molecular flexibility index (Phi) is 4.65. The summed E-state index contributed by atoms with van der Waals surface area (Å²) in [6.45, 7) is 4.10. The summed E-state index contributed by atoms with van der Waals surface area (Å²) in [5.74, 6) is 7.36. The zero-order valence-corrected chi connectivity index (χ0v) is 11.7. The van der Waals surface area contributed by atoms with Crippen molar-refractivity contribution in [2.24, 2.45) is 0 Å². The van der Waals surface area contributed by atoms with E-state index in [-0.39, 0.29) is 18.6 Å². The first kappa shape index (κ1) is 14.4. The first-order valence-corrected chi connectivity index (χ1v) is 6.62. The quantitative estimate of drug-likeness (QED) is 0.672. The lowest BCUT2D eigenvalue weighted by molar-refractivity contribution is 0.255. The van der Waals surface area contributed by atoms with Gasteiger partial charge in [-0.05, 0) is 12.1 Å². The van der Waals surface area contributed by atoms with Crippen molar-refractivity contribution in [2.45, 2.75) is 25.8 Å². The third kappa shape index (κ3) is 3.31. The maximum atomic E-state index is 9.56. The SMILES string of the molecule is [B]c1ccc(C#C[C@@H](CO)n2ccnc2C(C)C)cc1. The third-order valence-electron chi connectivity index (χ3n) is 3.02. The van der Waals surface area contributed by atoms with Crippen molar-refractivity contribution in [2.75, 3.05) is 6.61 Å². The molecule has 1 heterocycles. The summed E-state index contributed by atoms with van der Waals surface area (Å²) in [5.41, 5.74) is 1.59. The van der Waals surface area contributed by atoms with Gasteiger partial charge in [-0.1, -0.05) is 43.3 Å². The van der Waals surface area contributed by atoms with Crippen LogP contribution in [0, 0.1) is 11.8 Å². The van der Waals surface area contributed by atoms with Crippen molar-refractivity contribution in [3.05, 3.63) is 48.0 Å². The van der Waals surface area contributed by atoms with Gasteiger partial charge >= 0.3 is 0 Å². The molecule has 0 fully saturated rings. The van der Waals surface area contributed by atoms with E-state index in [1.807, 2.05) is 35.0 Å². The molecule has 0 aliphatic rings. The Morgan fingerprint density at radius 1 is 1.30 bits per heavy atom. The zero-order valence-electron chi connectivity index (χ0n) is 11.7. The molecule has 1 aromatic heterocycles. The van der Waals surface area contributed by atoms with Crippen molar-refractivity contribution in [3.8, 4) is 11.8 Å². The van der Waals surface area contributed by atoms with Crippen LogP contribution in [0.2, 0.25) is 0 Å². The topological polar surface area (TPSA) is 38.0 Å². The molecule has 3 nitrogen and oxygen atoms in total. The number of aliphatic hydroxyl groups is 1. The van der Waals surface area contributed by atoms with Gasteiger partial charge in [0.25, 0.3) is 0 Å². The van der Waals surface area contributed by atoms with Crippen LogP contribution in [-0.4, -0.2) is 29.1 Å². The fraction of sp³-hybridized carbons (Fsp3) is 0.312. The second kappa shape index (κ2) is 6.45. The summed E-state index contributed by atoms with van der Waals surface area (Å²) in [6, 6.07) is 7.08. The molecule has 0 amide bonds. The molecular weight excluding hydrogens is 247 g/mol. The van der Waals surface area contributed by atoms with Crippen LogP contribution in [0.1, 0.15) is 37.2 Å². The largest absolute Gasteiger partial charge is 0.393 e. The Balaban J connectivity index is 2.25. The van der Waals surface area contributed by atoms with E-state index in [0.29, 0.717) is 5.46 Å². The Labute approximate surface area is 121 Å². The number of hydrogen-bond acceptors (Lipinski definition) is 2. The Morgan fingerprint density at radius 2 is 2.00 bits per heavy atom. The summed E-state index contributed by atoms with van der Waals surface area (Å²) in [4.78, 5) is 4.32. The maximum absolute atomic E-state index is 9.56. The molecule has 1 atom stereocenters. The second-order valence-electron chi connectivity index (χ2n) is 4.94. The Bertz CT molecular complexity index is 620. The smallest absolute Gasteiger partial charge is 0.119 e. The Morgan fingerprint density at radius 3 is 2.60 bits per heavy atom. The second-order valence-corrected chi connectivity index (χ2v) is 4.94. The minimum absolute atomic E-state index is 0.0436. The normalized spacial score (nSPS) is 12.0. The molecule has 1 N–H and O–H groups in total. The molecule has 100 valence electrons. The van der Waals surface area contributed by atoms with Gasteiger partial charge in [-0.25, -0.2) is 4.98 Å². The molecule has 2 rings (SSSR count). The van der Waals surface area contributed by atoms with Crippen molar-refractivity contribution in [1.29, 1.82) is 0 Å². The highest BCUT2D eigenvalue weighted by Crippen LogP contribution is 2.16. The van der Waals surface area contributed by atoms with E-state index in [1.54, 1.807) is 6.20 Å². The molecule has 2 radical (unpaired) electrons. The lowest BCUT2D eigenvalue weighted by Gasteiger charge is -2.14. The van der Waals surface area contributed by atoms with E-state index in [9.17, 15) is 5.11 Å². The number of aliphatic hydroxyl groups excluding tert-OH is 1. The summed E-state index contributed by atoms with van der Waals surface area (Å²) >= 11 is 0. The van der Waals surface area contributed by atoms with Crippen molar-refractivity contribution in [1.82, 2.24) is 9.55 Å². The predicted octanol–water partition coefficient (Wildman–Crippen LogP) is 1.39. The number of rotatable bonds is 3. The lowest BCUT2D eigenvalue weighted by atomic mass is 9.95. The molecule has 0 saturated heterocycles. The van der Waals surface area contributed by atoms with Gasteiger partial charge in [0.15, 0.2) is 0 Å². The number of nitrogens with zero attached hydrogens (tertiary/aromatic N) is 2. The highest BCUT2D eigenvalue weighted by Gasteiger charge is 2.13. The molecule has 0 bridgehead atoms. The number of hydrogen-bond donors (Lipinski definition) is 1. The lowest BCUT2D eigenvalue weighted by Crippen LogP contribution is -2.14. The van der Waals surface area contributed by atoms with Crippen molar-refractivity contribution >= 4 is 13.3 Å². The zero-order chi connectivity index (χ0) is 14.5. The molecule has 0 aliphatic carbocycles. The standard InChI is InChI=1S/C16H17BN2O/c1-12(2)16-18-9-10-19(16)15(11-20)8-5-13-3-6-14(17)7-4-13/h3-4,6-7,9-10,12,15,20H,11H2,1-2H3/t15-/m0/s1. The van der Waals surface area contributed by atoms with Crippen LogP contribution in [0.15, 0.2) is 36.7 Å². The summed E-state index contributed by atoms with van der Waals surface area (Å²) in [5, 5.41) is 9.56. The highest BCUT2D eigenvalue weighted by molar-refractivity contribution is 6.32. The van der Waals surface area contributed by atoms with Gasteiger partial charge in [0.1, 0.15) is 19.7 Å². The number of imidazole rings is 1. The van der Waals surface area contributed by atoms with Gasteiger partial charge in [0.2, 0.25) is 0 Å². The fourth-order valence-electron chi connectivity index (χ4n) is 1.97. The van der Waals surface area contributed by atoms with Crippen LogP contribution in [0.4, 0.5) is 0 Å². The van der Waals surface area contributed by atoms with E-state index in [2.05, 4.69) is 30.7 Å².